The fourth-order valence-electron chi connectivity index (χ4n) is 3.41. The van der Waals surface area contributed by atoms with E-state index < -0.39 is 18.0 Å². The van der Waals surface area contributed by atoms with Gasteiger partial charge >= 0.3 is 11.9 Å². The number of carbonyl (C=O) groups excluding carboxylic acids is 2. The summed E-state index contributed by atoms with van der Waals surface area (Å²) in [5.74, 6) is 0.183. The monoisotopic (exact) mass is 443 g/mol. The van der Waals surface area contributed by atoms with E-state index in [1.54, 1.807) is 12.1 Å². The van der Waals surface area contributed by atoms with E-state index in [-0.39, 0.29) is 6.61 Å². The van der Waals surface area contributed by atoms with Crippen LogP contribution >= 0.6 is 11.9 Å². The molecule has 1 aliphatic heterocycles. The van der Waals surface area contributed by atoms with Gasteiger partial charge in [0.05, 0.1) is 0 Å². The van der Waals surface area contributed by atoms with Crippen LogP contribution in [0.4, 0.5) is 0 Å². The van der Waals surface area contributed by atoms with E-state index >= 15 is 0 Å². The maximum absolute atomic E-state index is 13.2. The minimum absolute atomic E-state index is 0.150. The predicted molar refractivity (Wildman–Crippen MR) is 126 cm³/mol. The first-order chi connectivity index (χ1) is 15.5. The van der Waals surface area contributed by atoms with Gasteiger partial charge in [0.2, 0.25) is 7.09 Å². The molecule has 0 aliphatic carbocycles. The Labute approximate surface area is 191 Å². The number of fused-ring (bicyclic) bond motifs is 1. The van der Waals surface area contributed by atoms with Gasteiger partial charge in [0.25, 0.3) is 0 Å². The smallest absolute Gasteiger partial charge is 0.342 e. The molecule has 1 radical (unpaired) electrons. The number of esters is 2. The van der Waals surface area contributed by atoms with Gasteiger partial charge in [-0.15, -0.1) is 0 Å². The maximum Gasteiger partial charge on any atom is 0.342 e. The largest absolute Gasteiger partial charge is 0.458 e. The van der Waals surface area contributed by atoms with Crippen molar-refractivity contribution in [3.8, 4) is 5.75 Å². The lowest BCUT2D eigenvalue weighted by molar-refractivity contribution is -0.136. The molecule has 0 fully saturated rings. The van der Waals surface area contributed by atoms with Gasteiger partial charge in [0, 0.05) is 12.5 Å². The Hall–Kier alpha value is -2.41. The topological polar surface area (TPSA) is 61.8 Å². The van der Waals surface area contributed by atoms with Crippen molar-refractivity contribution in [3.63, 3.8) is 0 Å². The minimum Gasteiger partial charge on any atom is -0.458 e. The molecule has 0 unspecified atom stereocenters. The summed E-state index contributed by atoms with van der Waals surface area (Å²) in [5.41, 5.74) is 1.17. The number of rotatable bonds is 8. The lowest BCUT2D eigenvalue weighted by Crippen LogP contribution is -2.24. The minimum atomic E-state index is -0.470. The fraction of sp³-hybridized carbons (Fsp3) is 0.417. The summed E-state index contributed by atoms with van der Waals surface area (Å²) < 4.78 is 23.6. The van der Waals surface area contributed by atoms with E-state index in [1.807, 2.05) is 12.1 Å². The number of ether oxygens (including phenoxy) is 2. The van der Waals surface area contributed by atoms with Gasteiger partial charge < -0.3 is 13.7 Å². The zero-order chi connectivity index (χ0) is 23.3. The summed E-state index contributed by atoms with van der Waals surface area (Å²) in [6, 6.07) is 5.40. The highest BCUT2D eigenvalue weighted by Crippen LogP contribution is 2.30. The van der Waals surface area contributed by atoms with Crippen LogP contribution in [0.2, 0.25) is 0 Å². The van der Waals surface area contributed by atoms with Crippen molar-refractivity contribution in [3.05, 3.63) is 66.3 Å². The Morgan fingerprint density at radius 3 is 3.00 bits per heavy atom. The van der Waals surface area contributed by atoms with E-state index in [4.69, 9.17) is 15.0 Å². The first kappa shape index (κ1) is 23.3. The molecule has 7 heteroatoms. The molecule has 0 bridgehead atoms. The van der Waals surface area contributed by atoms with Crippen molar-refractivity contribution < 1.29 is 23.2 Å². The van der Waals surface area contributed by atoms with Gasteiger partial charge in [0.15, 0.2) is 5.75 Å². The molecule has 0 spiro atoms. The standard InChI is InChI=1S/C24H30BO5S/c1-4-15-28-22(26)14-8-12-20-16-18(3)17(2)9-5-6-10-19-11-7-13-21(30-31-25)23(19)24(27)29-20/h4-8,11,13-14,17-18,20,25H,1,9-10,12,15-16H2,2-3H3/b6-5+,14-8+/t17-,18+,20-/m0/s1/i25T. The summed E-state index contributed by atoms with van der Waals surface area (Å²) in [4.78, 5) is 25.0. The van der Waals surface area contributed by atoms with Crippen molar-refractivity contribution in [1.82, 2.24) is 0 Å². The summed E-state index contributed by atoms with van der Waals surface area (Å²) >= 11 is 0.836. The normalized spacial score (nSPS) is 23.4. The molecule has 1 aliphatic rings. The van der Waals surface area contributed by atoms with E-state index in [0.29, 0.717) is 42.4 Å². The molecule has 165 valence electrons. The highest BCUT2D eigenvalue weighted by Gasteiger charge is 2.25. The van der Waals surface area contributed by atoms with Crippen LogP contribution in [0.3, 0.4) is 0 Å². The molecule has 5 nitrogen and oxygen atoms in total. The van der Waals surface area contributed by atoms with Crippen molar-refractivity contribution in [2.75, 3.05) is 6.61 Å². The molecular weight excluding hydrogens is 411 g/mol. The van der Waals surface area contributed by atoms with E-state index in [0.717, 1.165) is 31.0 Å². The molecule has 0 saturated heterocycles. The number of benzene rings is 1. The maximum atomic E-state index is 13.2. The van der Waals surface area contributed by atoms with Crippen LogP contribution in [-0.2, 0) is 20.7 Å². The van der Waals surface area contributed by atoms with Gasteiger partial charge in [0.1, 0.15) is 18.3 Å². The molecule has 0 amide bonds. The third-order valence-electron chi connectivity index (χ3n) is 5.34. The fourth-order valence-corrected chi connectivity index (χ4v) is 3.65. The van der Waals surface area contributed by atoms with Crippen LogP contribution < -0.4 is 4.18 Å². The number of hydrogen-bond donors (Lipinski definition) is 0. The van der Waals surface area contributed by atoms with Crippen molar-refractivity contribution in [2.45, 2.75) is 45.6 Å². The second-order valence-electron chi connectivity index (χ2n) is 7.66. The van der Waals surface area contributed by atoms with E-state index in [1.165, 1.54) is 12.2 Å². The lowest BCUT2D eigenvalue weighted by atomic mass is 9.87. The summed E-state index contributed by atoms with van der Waals surface area (Å²) in [5, 5.41) is 0. The van der Waals surface area contributed by atoms with Gasteiger partial charge in [-0.3, -0.25) is 0 Å². The molecule has 1 heterocycles. The van der Waals surface area contributed by atoms with Gasteiger partial charge in [-0.2, -0.15) is 0 Å². The Morgan fingerprint density at radius 2 is 2.23 bits per heavy atom. The van der Waals surface area contributed by atoms with Crippen molar-refractivity contribution in [1.29, 1.82) is 1.34 Å². The lowest BCUT2D eigenvalue weighted by Gasteiger charge is -2.25. The predicted octanol–water partition coefficient (Wildman–Crippen LogP) is 4.90. The molecule has 1 aromatic carbocycles. The number of allylic oxidation sites excluding steroid dienone is 2. The first-order valence-corrected chi connectivity index (χ1v) is 11.2. The third kappa shape index (κ3) is 7.98. The molecule has 0 saturated carbocycles. The summed E-state index contributed by atoms with van der Waals surface area (Å²) in [6.07, 6.45) is 10.9. The average molecular weight is 443 g/mol. The van der Waals surface area contributed by atoms with Crippen LogP contribution in [0.25, 0.3) is 0 Å². The zero-order valence-electron chi connectivity index (χ0n) is 19.1. The molecule has 2 rings (SSSR count). The summed E-state index contributed by atoms with van der Waals surface area (Å²) in [6.45, 7) is 8.01. The molecular formula is C24H30BO5S. The third-order valence-corrected chi connectivity index (χ3v) is 5.62. The SMILES string of the molecule is [3H][B]SOc1cccc2c1C(=O)O[C@@H](C/C=C/C(=O)OCC=C)C[C@@H](C)[C@@H](C)C/C=C/C2. The molecule has 1 aromatic rings. The van der Waals surface area contributed by atoms with Gasteiger partial charge in [-0.1, -0.05) is 56.9 Å². The van der Waals surface area contributed by atoms with Crippen LogP contribution in [0.1, 0.15) is 49.0 Å². The van der Waals surface area contributed by atoms with Crippen LogP contribution in [0.15, 0.2) is 55.2 Å². The van der Waals surface area contributed by atoms with Gasteiger partial charge in [-0.05, 0) is 56.0 Å². The zero-order valence-corrected chi connectivity index (χ0v) is 18.9. The van der Waals surface area contributed by atoms with Crippen LogP contribution in [-0.4, -0.2) is 33.1 Å². The number of carbonyl (C=O) groups is 2. The highest BCUT2D eigenvalue weighted by atomic mass is 32.2. The molecule has 0 aromatic heterocycles. The second-order valence-corrected chi connectivity index (χ2v) is 8.01. The average Bonchev–Trinajstić information content (AvgIpc) is 2.77. The Kier molecular flexibility index (Phi) is 9.83. The second kappa shape index (κ2) is 13.1. The number of cyclic esters (lactones) is 1. The van der Waals surface area contributed by atoms with Crippen molar-refractivity contribution >= 4 is 30.9 Å². The Balaban J connectivity index is 2.28. The molecule has 0 N–H and O–H groups in total. The van der Waals surface area contributed by atoms with E-state index in [9.17, 15) is 9.59 Å². The first-order valence-electron chi connectivity index (χ1n) is 11.0. The quantitative estimate of drug-likeness (QED) is 0.187. The molecule has 31 heavy (non-hydrogen) atoms. The highest BCUT2D eigenvalue weighted by molar-refractivity contribution is 8.16. The summed E-state index contributed by atoms with van der Waals surface area (Å²) in [7, 11) is 1.06. The van der Waals surface area contributed by atoms with Crippen LogP contribution in [0, 0.1) is 11.8 Å². The van der Waals surface area contributed by atoms with Crippen molar-refractivity contribution in [2.24, 2.45) is 11.8 Å². The van der Waals surface area contributed by atoms with Crippen LogP contribution in [0.5, 0.6) is 5.75 Å². The van der Waals surface area contributed by atoms with Gasteiger partial charge in [-0.25, -0.2) is 9.59 Å². The Bertz CT molecular complexity index is 842. The Morgan fingerprint density at radius 1 is 1.39 bits per heavy atom. The van der Waals surface area contributed by atoms with E-state index in [2.05, 4.69) is 32.6 Å². The number of hydrogen-bond acceptors (Lipinski definition) is 6. The molecule has 3 atom stereocenters.